The minimum atomic E-state index is -0.718. The number of carbonyl (C=O) groups excluding carboxylic acids is 1. The third-order valence-corrected chi connectivity index (χ3v) is 2.77. The molecule has 0 aliphatic heterocycles. The predicted molar refractivity (Wildman–Crippen MR) is 79.3 cm³/mol. The first-order valence-corrected chi connectivity index (χ1v) is 6.47. The first kappa shape index (κ1) is 15.9. The Kier molecular flexibility index (Phi) is 4.87. The normalized spacial score (nSPS) is 10.8. The molecule has 2 rings (SSSR count). The summed E-state index contributed by atoms with van der Waals surface area (Å²) in [5.41, 5.74) is 1.38. The maximum atomic E-state index is 11.6. The van der Waals surface area contributed by atoms with E-state index in [2.05, 4.69) is 20.7 Å². The molecule has 0 radical (unpaired) electrons. The van der Waals surface area contributed by atoms with Crippen LogP contribution < -0.4 is 16.7 Å². The number of phenols is 2. The molecule has 0 fully saturated rings. The maximum Gasteiger partial charge on any atom is 0.342 e. The van der Waals surface area contributed by atoms with Crippen molar-refractivity contribution in [1.82, 2.24) is 20.6 Å². The number of aromatic amines is 2. The predicted octanol–water partition coefficient (Wildman–Crippen LogP) is -1.05. The van der Waals surface area contributed by atoms with Gasteiger partial charge in [-0.3, -0.25) is 14.6 Å². The summed E-state index contributed by atoms with van der Waals surface area (Å²) in [5, 5.41) is 27.8. The summed E-state index contributed by atoms with van der Waals surface area (Å²) in [6.07, 6.45) is 1.26. The summed E-state index contributed by atoms with van der Waals surface area (Å²) in [5.74, 6) is -1.02. The molecule has 0 unspecified atom stereocenters. The standard InChI is InChI=1S/C13H13N5O5/c19-9-3-1-7(5-10(9)20)6-14-17-11(21)4-2-8-12(22)15-13(23)18-16-8/h1,3,5-6,19-20H,2,4H2,(H,17,21)(H2,15,18,22,23)/b14-6+. The van der Waals surface area contributed by atoms with Gasteiger partial charge < -0.3 is 10.2 Å². The molecule has 1 heterocycles. The molecule has 10 heteroatoms. The zero-order valence-electron chi connectivity index (χ0n) is 11.7. The van der Waals surface area contributed by atoms with Crippen LogP contribution in [0.15, 0.2) is 32.9 Å². The lowest BCUT2D eigenvalue weighted by Gasteiger charge is -2.00. The molecule has 5 N–H and O–H groups in total. The topological polar surface area (TPSA) is 161 Å². The maximum absolute atomic E-state index is 11.6. The molecule has 0 atom stereocenters. The van der Waals surface area contributed by atoms with Gasteiger partial charge in [0.05, 0.1) is 6.21 Å². The smallest absolute Gasteiger partial charge is 0.342 e. The summed E-state index contributed by atoms with van der Waals surface area (Å²) in [4.78, 5) is 35.7. The molecule has 0 saturated heterocycles. The Morgan fingerprint density at radius 2 is 2.09 bits per heavy atom. The lowest BCUT2D eigenvalue weighted by Crippen LogP contribution is -2.28. The van der Waals surface area contributed by atoms with Crippen LogP contribution >= 0.6 is 0 Å². The van der Waals surface area contributed by atoms with Gasteiger partial charge in [0.1, 0.15) is 5.69 Å². The third-order valence-electron chi connectivity index (χ3n) is 2.77. The molecule has 0 spiro atoms. The van der Waals surface area contributed by atoms with E-state index in [1.807, 2.05) is 4.98 Å². The van der Waals surface area contributed by atoms with Crippen LogP contribution in [0.1, 0.15) is 17.7 Å². The number of nitrogens with zero attached hydrogens (tertiary/aromatic N) is 2. The average Bonchev–Trinajstić information content (AvgIpc) is 2.50. The van der Waals surface area contributed by atoms with E-state index in [-0.39, 0.29) is 30.0 Å². The number of hydrazone groups is 1. The Morgan fingerprint density at radius 1 is 1.30 bits per heavy atom. The lowest BCUT2D eigenvalue weighted by molar-refractivity contribution is -0.121. The first-order valence-electron chi connectivity index (χ1n) is 6.47. The highest BCUT2D eigenvalue weighted by Crippen LogP contribution is 2.23. The van der Waals surface area contributed by atoms with Crippen molar-refractivity contribution in [2.75, 3.05) is 0 Å². The fourth-order valence-electron chi connectivity index (χ4n) is 1.63. The molecular weight excluding hydrogens is 306 g/mol. The van der Waals surface area contributed by atoms with Crippen molar-refractivity contribution in [3.05, 3.63) is 50.3 Å². The van der Waals surface area contributed by atoms with Crippen LogP contribution in [0.2, 0.25) is 0 Å². The second-order valence-corrected chi connectivity index (χ2v) is 4.49. The second-order valence-electron chi connectivity index (χ2n) is 4.49. The van der Waals surface area contributed by atoms with E-state index < -0.39 is 17.2 Å². The molecule has 0 bridgehead atoms. The molecule has 1 aromatic carbocycles. The van der Waals surface area contributed by atoms with Crippen molar-refractivity contribution in [2.45, 2.75) is 12.8 Å². The van der Waals surface area contributed by atoms with E-state index >= 15 is 0 Å². The van der Waals surface area contributed by atoms with Gasteiger partial charge in [-0.2, -0.15) is 10.2 Å². The van der Waals surface area contributed by atoms with Gasteiger partial charge in [-0.1, -0.05) is 0 Å². The van der Waals surface area contributed by atoms with Crippen molar-refractivity contribution in [3.8, 4) is 11.5 Å². The van der Waals surface area contributed by atoms with E-state index in [1.165, 1.54) is 24.4 Å². The number of hydrogen-bond acceptors (Lipinski definition) is 7. The highest BCUT2D eigenvalue weighted by molar-refractivity contribution is 5.83. The van der Waals surface area contributed by atoms with Gasteiger partial charge in [-0.25, -0.2) is 15.3 Å². The highest BCUT2D eigenvalue weighted by Gasteiger charge is 2.06. The van der Waals surface area contributed by atoms with Gasteiger partial charge in [0.15, 0.2) is 11.5 Å². The zero-order chi connectivity index (χ0) is 16.8. The number of benzene rings is 1. The van der Waals surface area contributed by atoms with Crippen molar-refractivity contribution < 1.29 is 15.0 Å². The molecule has 0 aliphatic carbocycles. The quantitative estimate of drug-likeness (QED) is 0.268. The molecule has 2 aromatic rings. The summed E-state index contributed by atoms with van der Waals surface area (Å²) in [6.45, 7) is 0. The minimum Gasteiger partial charge on any atom is -0.504 e. The Balaban J connectivity index is 1.87. The van der Waals surface area contributed by atoms with E-state index in [4.69, 9.17) is 5.11 Å². The van der Waals surface area contributed by atoms with Crippen molar-refractivity contribution in [2.24, 2.45) is 5.10 Å². The minimum absolute atomic E-state index is 0.0344. The van der Waals surface area contributed by atoms with Crippen LogP contribution in [-0.2, 0) is 11.2 Å². The fraction of sp³-hybridized carbons (Fsp3) is 0.154. The molecular formula is C13H13N5O5. The SMILES string of the molecule is O=C(CCc1n[nH]c(=O)[nH]c1=O)N/N=C/c1ccc(O)c(O)c1. The number of nitrogens with one attached hydrogen (secondary N) is 3. The molecule has 1 amide bonds. The van der Waals surface area contributed by atoms with Gasteiger partial charge in [0.2, 0.25) is 5.91 Å². The monoisotopic (exact) mass is 319 g/mol. The van der Waals surface area contributed by atoms with Crippen LogP contribution in [0.4, 0.5) is 0 Å². The van der Waals surface area contributed by atoms with E-state index in [0.29, 0.717) is 5.56 Å². The highest BCUT2D eigenvalue weighted by atomic mass is 16.3. The van der Waals surface area contributed by atoms with E-state index in [1.54, 1.807) is 0 Å². The number of rotatable bonds is 5. The van der Waals surface area contributed by atoms with Crippen LogP contribution in [-0.4, -0.2) is 37.5 Å². The second kappa shape index (κ2) is 7.02. The largest absolute Gasteiger partial charge is 0.504 e. The summed E-state index contributed by atoms with van der Waals surface area (Å²) in [7, 11) is 0. The molecule has 0 saturated carbocycles. The number of phenolic OH excluding ortho intramolecular Hbond substituents is 2. The van der Waals surface area contributed by atoms with E-state index in [9.17, 15) is 19.5 Å². The van der Waals surface area contributed by atoms with Crippen LogP contribution in [0.25, 0.3) is 0 Å². The average molecular weight is 319 g/mol. The lowest BCUT2D eigenvalue weighted by atomic mass is 10.2. The molecule has 120 valence electrons. The van der Waals surface area contributed by atoms with Crippen molar-refractivity contribution in [1.29, 1.82) is 0 Å². The molecule has 10 nitrogen and oxygen atoms in total. The third kappa shape index (κ3) is 4.52. The van der Waals surface area contributed by atoms with Crippen LogP contribution in [0.5, 0.6) is 11.5 Å². The fourth-order valence-corrected chi connectivity index (χ4v) is 1.63. The van der Waals surface area contributed by atoms with Crippen molar-refractivity contribution in [3.63, 3.8) is 0 Å². The Morgan fingerprint density at radius 3 is 2.78 bits per heavy atom. The van der Waals surface area contributed by atoms with Crippen LogP contribution in [0, 0.1) is 0 Å². The van der Waals surface area contributed by atoms with Crippen molar-refractivity contribution >= 4 is 12.1 Å². The summed E-state index contributed by atoms with van der Waals surface area (Å²) in [6, 6.07) is 4.05. The number of amides is 1. The zero-order valence-corrected chi connectivity index (χ0v) is 11.7. The number of carbonyl (C=O) groups is 1. The number of aromatic nitrogens is 3. The number of aryl methyl sites for hydroxylation is 1. The van der Waals surface area contributed by atoms with Gasteiger partial charge in [0.25, 0.3) is 5.56 Å². The Bertz CT molecular complexity index is 854. The Hall–Kier alpha value is -3.43. The number of H-pyrrole nitrogens is 2. The van der Waals surface area contributed by atoms with Crippen LogP contribution in [0.3, 0.4) is 0 Å². The molecule has 1 aromatic heterocycles. The number of hydrogen-bond donors (Lipinski definition) is 5. The van der Waals surface area contributed by atoms with E-state index in [0.717, 1.165) is 0 Å². The molecule has 23 heavy (non-hydrogen) atoms. The van der Waals surface area contributed by atoms with Gasteiger partial charge >= 0.3 is 5.69 Å². The number of aromatic hydroxyl groups is 2. The molecule has 0 aliphatic rings. The summed E-state index contributed by atoms with van der Waals surface area (Å²) < 4.78 is 0. The summed E-state index contributed by atoms with van der Waals surface area (Å²) >= 11 is 0. The van der Waals surface area contributed by atoms with Gasteiger partial charge in [0, 0.05) is 12.8 Å². The first-order chi connectivity index (χ1) is 11.0. The van der Waals surface area contributed by atoms with Gasteiger partial charge in [-0.15, -0.1) is 0 Å². The van der Waals surface area contributed by atoms with Gasteiger partial charge in [-0.05, 0) is 23.8 Å². The Labute approximate surface area is 128 Å².